The fraction of sp³-hybridized carbons (Fsp3) is 0.636. The molecule has 6 heteroatoms. The van der Waals surface area contributed by atoms with Gasteiger partial charge in [0.15, 0.2) is 0 Å². The molecule has 0 saturated carbocycles. The molecule has 1 aromatic heterocycles. The molecular weight excluding hydrogens is 256 g/mol. The summed E-state index contributed by atoms with van der Waals surface area (Å²) in [5.74, 6) is 0.169. The Balaban J connectivity index is 2.52. The normalized spacial score (nSPS) is 13.8. The summed E-state index contributed by atoms with van der Waals surface area (Å²) in [6, 6.07) is 3.83. The molecule has 0 aliphatic carbocycles. The first-order chi connectivity index (χ1) is 7.94. The summed E-state index contributed by atoms with van der Waals surface area (Å²) >= 11 is 1.63. The molecule has 0 aliphatic rings. The highest BCUT2D eigenvalue weighted by Crippen LogP contribution is 2.22. The van der Waals surface area contributed by atoms with Crippen molar-refractivity contribution in [1.82, 2.24) is 10.0 Å². The first kappa shape index (κ1) is 14.6. The topological polar surface area (TPSA) is 58.2 Å². The predicted octanol–water partition coefficient (Wildman–Crippen LogP) is 1.65. The lowest BCUT2D eigenvalue weighted by molar-refractivity contribution is 0.564. The van der Waals surface area contributed by atoms with Crippen molar-refractivity contribution in [2.75, 3.05) is 19.3 Å². The molecule has 0 aliphatic heterocycles. The fourth-order valence-corrected chi connectivity index (χ4v) is 3.77. The highest BCUT2D eigenvalue weighted by molar-refractivity contribution is 7.89. The molecule has 1 aromatic rings. The Morgan fingerprint density at radius 3 is 2.65 bits per heavy atom. The molecule has 1 heterocycles. The average Bonchev–Trinajstić information content (AvgIpc) is 2.64. The van der Waals surface area contributed by atoms with Gasteiger partial charge in [0.05, 0.1) is 11.8 Å². The standard InChI is InChI=1S/C11H20N2O2S2/c1-9-5-6-11(16-9)10(2)13-17(14,15)8-4-7-12-3/h5-6,10,12-13H,4,7-8H2,1-3H3. The smallest absolute Gasteiger partial charge is 0.212 e. The van der Waals surface area contributed by atoms with Crippen LogP contribution in [0.2, 0.25) is 0 Å². The molecule has 4 nitrogen and oxygen atoms in total. The maximum atomic E-state index is 11.8. The lowest BCUT2D eigenvalue weighted by Gasteiger charge is -2.12. The van der Waals surface area contributed by atoms with Crippen LogP contribution in [0.4, 0.5) is 0 Å². The van der Waals surface area contributed by atoms with Gasteiger partial charge in [-0.25, -0.2) is 13.1 Å². The minimum absolute atomic E-state index is 0.145. The van der Waals surface area contributed by atoms with Crippen LogP contribution in [-0.4, -0.2) is 27.8 Å². The second-order valence-corrected chi connectivity index (χ2v) is 7.26. The van der Waals surface area contributed by atoms with Crippen LogP contribution in [0.1, 0.15) is 29.1 Å². The Hall–Kier alpha value is -0.430. The van der Waals surface area contributed by atoms with E-state index in [-0.39, 0.29) is 11.8 Å². The van der Waals surface area contributed by atoms with Crippen LogP contribution in [0.15, 0.2) is 12.1 Å². The molecule has 2 N–H and O–H groups in total. The molecule has 1 rings (SSSR count). The molecule has 0 fully saturated rings. The van der Waals surface area contributed by atoms with Crippen LogP contribution >= 0.6 is 11.3 Å². The molecule has 0 amide bonds. The summed E-state index contributed by atoms with van der Waals surface area (Å²) in [6.45, 7) is 4.61. The second-order valence-electron chi connectivity index (χ2n) is 4.06. The number of sulfonamides is 1. The molecule has 0 spiro atoms. The zero-order valence-corrected chi connectivity index (χ0v) is 12.1. The Labute approximate surface area is 107 Å². The maximum Gasteiger partial charge on any atom is 0.212 e. The lowest BCUT2D eigenvalue weighted by Crippen LogP contribution is -2.29. The van der Waals surface area contributed by atoms with Gasteiger partial charge < -0.3 is 5.32 Å². The minimum Gasteiger partial charge on any atom is -0.320 e. The Morgan fingerprint density at radius 2 is 2.12 bits per heavy atom. The molecule has 1 unspecified atom stereocenters. The van der Waals surface area contributed by atoms with Crippen molar-refractivity contribution in [2.24, 2.45) is 0 Å². The highest BCUT2D eigenvalue weighted by Gasteiger charge is 2.16. The third-order valence-electron chi connectivity index (χ3n) is 2.38. The van der Waals surface area contributed by atoms with E-state index < -0.39 is 10.0 Å². The van der Waals surface area contributed by atoms with Gasteiger partial charge in [-0.15, -0.1) is 11.3 Å². The number of thiophene rings is 1. The first-order valence-electron chi connectivity index (χ1n) is 5.65. The van der Waals surface area contributed by atoms with Crippen LogP contribution < -0.4 is 10.0 Å². The summed E-state index contributed by atoms with van der Waals surface area (Å²) in [6.07, 6.45) is 0.627. The maximum absolute atomic E-state index is 11.8. The minimum atomic E-state index is -3.18. The quantitative estimate of drug-likeness (QED) is 0.745. The van der Waals surface area contributed by atoms with E-state index in [0.29, 0.717) is 13.0 Å². The Bertz CT molecular complexity index is 440. The van der Waals surface area contributed by atoms with Gasteiger partial charge in [-0.2, -0.15) is 0 Å². The molecule has 0 saturated heterocycles. The van der Waals surface area contributed by atoms with E-state index in [9.17, 15) is 8.42 Å². The van der Waals surface area contributed by atoms with Gasteiger partial charge in [0, 0.05) is 9.75 Å². The monoisotopic (exact) mass is 276 g/mol. The fourth-order valence-electron chi connectivity index (χ4n) is 1.51. The third-order valence-corrected chi connectivity index (χ3v) is 5.11. The molecule has 0 bridgehead atoms. The van der Waals surface area contributed by atoms with Crippen molar-refractivity contribution >= 4 is 21.4 Å². The van der Waals surface area contributed by atoms with E-state index >= 15 is 0 Å². The van der Waals surface area contributed by atoms with E-state index in [1.54, 1.807) is 11.3 Å². The first-order valence-corrected chi connectivity index (χ1v) is 8.12. The Kier molecular flexibility index (Phi) is 5.58. The van der Waals surface area contributed by atoms with Gasteiger partial charge in [-0.1, -0.05) is 0 Å². The predicted molar refractivity (Wildman–Crippen MR) is 72.9 cm³/mol. The SMILES string of the molecule is CNCCCS(=O)(=O)NC(C)c1ccc(C)s1. The lowest BCUT2D eigenvalue weighted by atomic mass is 10.3. The van der Waals surface area contributed by atoms with Crippen molar-refractivity contribution in [1.29, 1.82) is 0 Å². The Morgan fingerprint density at radius 1 is 1.41 bits per heavy atom. The summed E-state index contributed by atoms with van der Waals surface area (Å²) in [7, 11) is -1.36. The van der Waals surface area contributed by atoms with E-state index in [2.05, 4.69) is 10.0 Å². The summed E-state index contributed by atoms with van der Waals surface area (Å²) in [5.41, 5.74) is 0. The molecule has 0 aromatic carbocycles. The summed E-state index contributed by atoms with van der Waals surface area (Å²) in [5, 5.41) is 2.94. The third kappa shape index (κ3) is 5.16. The van der Waals surface area contributed by atoms with Crippen molar-refractivity contribution in [2.45, 2.75) is 26.3 Å². The molecular formula is C11H20N2O2S2. The van der Waals surface area contributed by atoms with Crippen molar-refractivity contribution in [3.8, 4) is 0 Å². The van der Waals surface area contributed by atoms with E-state index in [4.69, 9.17) is 0 Å². The van der Waals surface area contributed by atoms with Crippen LogP contribution in [0.5, 0.6) is 0 Å². The number of rotatable bonds is 7. The zero-order chi connectivity index (χ0) is 12.9. The van der Waals surface area contributed by atoms with Crippen LogP contribution in [0, 0.1) is 6.92 Å². The van der Waals surface area contributed by atoms with Gasteiger partial charge in [0.2, 0.25) is 10.0 Å². The highest BCUT2D eigenvalue weighted by atomic mass is 32.2. The van der Waals surface area contributed by atoms with Gasteiger partial charge in [-0.05, 0) is 46.0 Å². The van der Waals surface area contributed by atoms with Crippen molar-refractivity contribution in [3.05, 3.63) is 21.9 Å². The largest absolute Gasteiger partial charge is 0.320 e. The number of hydrogen-bond donors (Lipinski definition) is 2. The number of aryl methyl sites for hydroxylation is 1. The molecule has 1 atom stereocenters. The number of hydrogen-bond acceptors (Lipinski definition) is 4. The van der Waals surface area contributed by atoms with Crippen LogP contribution in [0.3, 0.4) is 0 Å². The van der Waals surface area contributed by atoms with E-state index in [1.165, 1.54) is 4.88 Å². The summed E-state index contributed by atoms with van der Waals surface area (Å²) < 4.78 is 26.2. The van der Waals surface area contributed by atoms with Gasteiger partial charge in [0.25, 0.3) is 0 Å². The van der Waals surface area contributed by atoms with Gasteiger partial charge in [0.1, 0.15) is 0 Å². The summed E-state index contributed by atoms with van der Waals surface area (Å²) in [4.78, 5) is 2.25. The van der Waals surface area contributed by atoms with Crippen LogP contribution in [-0.2, 0) is 10.0 Å². The van der Waals surface area contributed by atoms with Gasteiger partial charge >= 0.3 is 0 Å². The van der Waals surface area contributed by atoms with Gasteiger partial charge in [-0.3, -0.25) is 0 Å². The number of nitrogens with one attached hydrogen (secondary N) is 2. The molecule has 98 valence electrons. The van der Waals surface area contributed by atoms with Crippen molar-refractivity contribution < 1.29 is 8.42 Å². The van der Waals surface area contributed by atoms with Crippen molar-refractivity contribution in [3.63, 3.8) is 0 Å². The van der Waals surface area contributed by atoms with Crippen LogP contribution in [0.25, 0.3) is 0 Å². The second kappa shape index (κ2) is 6.49. The van der Waals surface area contributed by atoms with E-state index in [1.807, 2.05) is 33.0 Å². The molecule has 0 radical (unpaired) electrons. The molecule has 17 heavy (non-hydrogen) atoms. The average molecular weight is 276 g/mol. The van der Waals surface area contributed by atoms with E-state index in [0.717, 1.165) is 4.88 Å². The zero-order valence-electron chi connectivity index (χ0n) is 10.5.